The lowest BCUT2D eigenvalue weighted by molar-refractivity contribution is -0.139. The fourth-order valence-electron chi connectivity index (χ4n) is 1.32. The highest BCUT2D eigenvalue weighted by Gasteiger charge is 2.12. The van der Waals surface area contributed by atoms with Gasteiger partial charge in [-0.25, -0.2) is 4.39 Å². The molecule has 0 fully saturated rings. The number of hydrogen-bond acceptors (Lipinski definition) is 3. The summed E-state index contributed by atoms with van der Waals surface area (Å²) in [6.45, 7) is 1.73. The lowest BCUT2D eigenvalue weighted by Gasteiger charge is -2.05. The van der Waals surface area contributed by atoms with E-state index >= 15 is 0 Å². The number of ether oxygens (including phenoxy) is 1. The van der Waals surface area contributed by atoms with E-state index < -0.39 is 11.8 Å². The minimum absolute atomic E-state index is 0.0334. The van der Waals surface area contributed by atoms with E-state index in [-0.39, 0.29) is 17.5 Å². The van der Waals surface area contributed by atoms with Crippen molar-refractivity contribution in [3.63, 3.8) is 0 Å². The summed E-state index contributed by atoms with van der Waals surface area (Å²) in [5.41, 5.74) is 0.884. The van der Waals surface area contributed by atoms with Crippen molar-refractivity contribution >= 4 is 12.3 Å². The van der Waals surface area contributed by atoms with Gasteiger partial charge in [0.05, 0.1) is 19.1 Å². The predicted molar refractivity (Wildman–Crippen MR) is 52.2 cm³/mol. The number of aldehydes is 1. The molecule has 1 rings (SSSR count). The number of carbonyl (C=O) groups excluding carboxylic acids is 2. The Balaban J connectivity index is 3.11. The number of rotatable bonds is 3. The largest absolute Gasteiger partial charge is 0.469 e. The Hall–Kier alpha value is -1.71. The highest BCUT2D eigenvalue weighted by atomic mass is 19.1. The Kier molecular flexibility index (Phi) is 3.55. The minimum atomic E-state index is -0.652. The van der Waals surface area contributed by atoms with Crippen LogP contribution in [0.3, 0.4) is 0 Å². The first kappa shape index (κ1) is 11.4. The lowest BCUT2D eigenvalue weighted by atomic mass is 10.0. The first-order valence-electron chi connectivity index (χ1n) is 4.39. The molecule has 0 spiro atoms. The number of methoxy groups -OCH3 is 1. The van der Waals surface area contributed by atoms with E-state index in [2.05, 4.69) is 4.74 Å². The van der Waals surface area contributed by atoms with Gasteiger partial charge < -0.3 is 4.74 Å². The van der Waals surface area contributed by atoms with Gasteiger partial charge in [-0.05, 0) is 24.1 Å². The van der Waals surface area contributed by atoms with Gasteiger partial charge in [0, 0.05) is 0 Å². The third-order valence-electron chi connectivity index (χ3n) is 2.01. The van der Waals surface area contributed by atoms with Crippen LogP contribution in [0.4, 0.5) is 4.39 Å². The van der Waals surface area contributed by atoms with Gasteiger partial charge in [0.15, 0.2) is 6.29 Å². The summed E-state index contributed by atoms with van der Waals surface area (Å²) in [5, 5.41) is 0. The zero-order valence-electron chi connectivity index (χ0n) is 8.54. The van der Waals surface area contributed by atoms with E-state index in [1.807, 2.05) is 0 Å². The van der Waals surface area contributed by atoms with E-state index in [0.29, 0.717) is 6.29 Å². The average Bonchev–Trinajstić information content (AvgIpc) is 2.22. The summed E-state index contributed by atoms with van der Waals surface area (Å²) in [6.07, 6.45) is 0.272. The van der Waals surface area contributed by atoms with Crippen LogP contribution in [0.2, 0.25) is 0 Å². The molecule has 1 aromatic rings. The maximum atomic E-state index is 13.5. The molecule has 0 aliphatic heterocycles. The summed E-state index contributed by atoms with van der Waals surface area (Å²) in [4.78, 5) is 21.5. The standard InChI is InChI=1S/C11H11FO3/c1-7-3-8(5-10(14)15-2)11(12)9(4-7)6-13/h3-4,6H,5H2,1-2H3. The van der Waals surface area contributed by atoms with Crippen molar-refractivity contribution in [2.24, 2.45) is 0 Å². The van der Waals surface area contributed by atoms with E-state index in [1.54, 1.807) is 6.92 Å². The van der Waals surface area contributed by atoms with Crippen molar-refractivity contribution in [1.82, 2.24) is 0 Å². The Morgan fingerprint density at radius 2 is 2.20 bits per heavy atom. The van der Waals surface area contributed by atoms with Gasteiger partial charge in [0.25, 0.3) is 0 Å². The monoisotopic (exact) mass is 210 g/mol. The van der Waals surface area contributed by atoms with E-state index in [4.69, 9.17) is 0 Å². The molecule has 0 saturated heterocycles. The molecule has 0 unspecified atom stereocenters. The molecule has 0 N–H and O–H groups in total. The van der Waals surface area contributed by atoms with Crippen molar-refractivity contribution in [2.45, 2.75) is 13.3 Å². The van der Waals surface area contributed by atoms with Crippen LogP contribution in [-0.2, 0) is 16.0 Å². The number of carbonyl (C=O) groups is 2. The summed E-state index contributed by atoms with van der Waals surface area (Å²) < 4.78 is 17.9. The molecule has 3 nitrogen and oxygen atoms in total. The fourth-order valence-corrected chi connectivity index (χ4v) is 1.32. The normalized spacial score (nSPS) is 9.80. The fraction of sp³-hybridized carbons (Fsp3) is 0.273. The second kappa shape index (κ2) is 4.68. The molecule has 0 amide bonds. The molecule has 1 aromatic carbocycles. The molecule has 0 bridgehead atoms. The van der Waals surface area contributed by atoms with Gasteiger partial charge in [-0.2, -0.15) is 0 Å². The Morgan fingerprint density at radius 1 is 1.53 bits per heavy atom. The molecule has 0 saturated carbocycles. The van der Waals surface area contributed by atoms with Crippen molar-refractivity contribution in [2.75, 3.05) is 7.11 Å². The number of benzene rings is 1. The van der Waals surface area contributed by atoms with Gasteiger partial charge in [-0.3, -0.25) is 9.59 Å². The molecule has 80 valence electrons. The molecule has 0 aliphatic carbocycles. The zero-order chi connectivity index (χ0) is 11.4. The Bertz CT molecular complexity index is 399. The van der Waals surface area contributed by atoms with Crippen LogP contribution in [0.1, 0.15) is 21.5 Å². The highest BCUT2D eigenvalue weighted by Crippen LogP contribution is 2.15. The van der Waals surface area contributed by atoms with Crippen molar-refractivity contribution in [3.8, 4) is 0 Å². The number of aryl methyl sites for hydroxylation is 1. The zero-order valence-corrected chi connectivity index (χ0v) is 8.54. The maximum absolute atomic E-state index is 13.5. The van der Waals surface area contributed by atoms with Gasteiger partial charge in [-0.15, -0.1) is 0 Å². The third kappa shape index (κ3) is 2.62. The molecule has 0 radical (unpaired) electrons. The topological polar surface area (TPSA) is 43.4 Å². The molecular weight excluding hydrogens is 199 g/mol. The van der Waals surface area contributed by atoms with Crippen molar-refractivity contribution < 1.29 is 18.7 Å². The third-order valence-corrected chi connectivity index (χ3v) is 2.01. The smallest absolute Gasteiger partial charge is 0.310 e. The van der Waals surface area contributed by atoms with Crippen LogP contribution in [0.25, 0.3) is 0 Å². The summed E-state index contributed by atoms with van der Waals surface area (Å²) >= 11 is 0. The molecule has 0 aliphatic rings. The number of halogens is 1. The molecule has 4 heteroatoms. The SMILES string of the molecule is COC(=O)Cc1cc(C)cc(C=O)c1F. The van der Waals surface area contributed by atoms with Gasteiger partial charge >= 0.3 is 5.97 Å². The van der Waals surface area contributed by atoms with Crippen LogP contribution in [0.15, 0.2) is 12.1 Å². The van der Waals surface area contributed by atoms with Crippen molar-refractivity contribution in [1.29, 1.82) is 0 Å². The van der Waals surface area contributed by atoms with E-state index in [0.717, 1.165) is 5.56 Å². The summed E-state index contributed by atoms with van der Waals surface area (Å²) in [7, 11) is 1.23. The lowest BCUT2D eigenvalue weighted by Crippen LogP contribution is -2.08. The molecule has 0 atom stereocenters. The Morgan fingerprint density at radius 3 is 2.73 bits per heavy atom. The highest BCUT2D eigenvalue weighted by molar-refractivity contribution is 5.78. The van der Waals surface area contributed by atoms with Crippen LogP contribution in [0.5, 0.6) is 0 Å². The minimum Gasteiger partial charge on any atom is -0.469 e. The van der Waals surface area contributed by atoms with Crippen LogP contribution in [0, 0.1) is 12.7 Å². The average molecular weight is 210 g/mol. The van der Waals surface area contributed by atoms with Crippen LogP contribution < -0.4 is 0 Å². The van der Waals surface area contributed by atoms with Crippen molar-refractivity contribution in [3.05, 3.63) is 34.6 Å². The summed E-state index contributed by atoms with van der Waals surface area (Å²) in [6, 6.07) is 2.96. The quantitative estimate of drug-likeness (QED) is 0.563. The second-order valence-corrected chi connectivity index (χ2v) is 3.20. The Labute approximate surface area is 86.9 Å². The van der Waals surface area contributed by atoms with E-state index in [1.165, 1.54) is 19.2 Å². The van der Waals surface area contributed by atoms with Gasteiger partial charge in [0.1, 0.15) is 5.82 Å². The molecule has 15 heavy (non-hydrogen) atoms. The second-order valence-electron chi connectivity index (χ2n) is 3.20. The molecule has 0 heterocycles. The maximum Gasteiger partial charge on any atom is 0.310 e. The summed E-state index contributed by atoms with van der Waals surface area (Å²) in [5.74, 6) is -1.18. The van der Waals surface area contributed by atoms with Gasteiger partial charge in [0.2, 0.25) is 0 Å². The first-order chi connectivity index (χ1) is 7.08. The van der Waals surface area contributed by atoms with E-state index in [9.17, 15) is 14.0 Å². The number of hydrogen-bond donors (Lipinski definition) is 0. The van der Waals surface area contributed by atoms with Crippen LogP contribution in [-0.4, -0.2) is 19.4 Å². The van der Waals surface area contributed by atoms with Crippen LogP contribution >= 0.6 is 0 Å². The van der Waals surface area contributed by atoms with Gasteiger partial charge in [-0.1, -0.05) is 6.07 Å². The molecule has 0 aromatic heterocycles. The molecular formula is C11H11FO3. The first-order valence-corrected chi connectivity index (χ1v) is 4.39. The number of esters is 1. The predicted octanol–water partition coefficient (Wildman–Crippen LogP) is 1.66.